The molecule has 1 saturated heterocycles. The highest BCUT2D eigenvalue weighted by atomic mass is 16.3. The fourth-order valence-electron chi connectivity index (χ4n) is 2.39. The summed E-state index contributed by atoms with van der Waals surface area (Å²) in [6.07, 6.45) is 4.98. The smallest absolute Gasteiger partial charge is 0.257 e. The summed E-state index contributed by atoms with van der Waals surface area (Å²) in [5, 5.41) is 9.67. The van der Waals surface area contributed by atoms with Crippen LogP contribution >= 0.6 is 0 Å². The van der Waals surface area contributed by atoms with Crippen LogP contribution in [-0.4, -0.2) is 65.1 Å². The third-order valence-corrected chi connectivity index (χ3v) is 3.62. The van der Waals surface area contributed by atoms with Crippen molar-refractivity contribution in [1.82, 2.24) is 14.8 Å². The van der Waals surface area contributed by atoms with Crippen LogP contribution in [-0.2, 0) is 0 Å². The Hall–Kier alpha value is -1.66. The molecular formula is C14H22N4O2. The van der Waals surface area contributed by atoms with E-state index in [4.69, 9.17) is 5.73 Å². The van der Waals surface area contributed by atoms with Crippen molar-refractivity contribution in [3.05, 3.63) is 24.0 Å². The lowest BCUT2D eigenvalue weighted by Crippen LogP contribution is -2.48. The van der Waals surface area contributed by atoms with E-state index in [0.29, 0.717) is 18.7 Å². The lowest BCUT2D eigenvalue weighted by Gasteiger charge is -2.34. The molecule has 0 unspecified atom stereocenters. The van der Waals surface area contributed by atoms with Crippen molar-refractivity contribution in [3.8, 4) is 5.75 Å². The van der Waals surface area contributed by atoms with Crippen molar-refractivity contribution in [3.63, 3.8) is 0 Å². The van der Waals surface area contributed by atoms with E-state index in [1.807, 2.05) is 0 Å². The van der Waals surface area contributed by atoms with Gasteiger partial charge in [0, 0.05) is 32.4 Å². The first-order valence-corrected chi connectivity index (χ1v) is 7.07. The van der Waals surface area contributed by atoms with Gasteiger partial charge in [-0.25, -0.2) is 0 Å². The summed E-state index contributed by atoms with van der Waals surface area (Å²) in [5.74, 6) is -0.172. The molecule has 0 spiro atoms. The predicted molar refractivity (Wildman–Crippen MR) is 76.5 cm³/mol. The van der Waals surface area contributed by atoms with Crippen LogP contribution in [0.3, 0.4) is 0 Å². The van der Waals surface area contributed by atoms with Gasteiger partial charge < -0.3 is 15.7 Å². The normalized spacial score (nSPS) is 16.4. The minimum Gasteiger partial charge on any atom is -0.505 e. The van der Waals surface area contributed by atoms with Crippen LogP contribution in [0.1, 0.15) is 23.2 Å². The van der Waals surface area contributed by atoms with Gasteiger partial charge in [-0.15, -0.1) is 0 Å². The molecule has 0 aromatic carbocycles. The summed E-state index contributed by atoms with van der Waals surface area (Å²) >= 11 is 0. The Morgan fingerprint density at radius 2 is 2.05 bits per heavy atom. The standard InChI is InChI=1S/C14H22N4O2/c15-4-1-2-6-17-7-9-18(10-8-17)14(20)12-3-5-16-11-13(12)19/h3,5,11,19H,1-2,4,6-10,15H2. The van der Waals surface area contributed by atoms with Gasteiger partial charge in [-0.2, -0.15) is 0 Å². The number of nitrogens with two attached hydrogens (primary N) is 1. The molecule has 0 bridgehead atoms. The number of hydrogen-bond donors (Lipinski definition) is 2. The van der Waals surface area contributed by atoms with Crippen molar-refractivity contribution in [2.24, 2.45) is 5.73 Å². The van der Waals surface area contributed by atoms with Crippen molar-refractivity contribution >= 4 is 5.91 Å². The van der Waals surface area contributed by atoms with E-state index < -0.39 is 0 Å². The number of carbonyl (C=O) groups is 1. The quantitative estimate of drug-likeness (QED) is 0.756. The Bertz CT molecular complexity index is 445. The van der Waals surface area contributed by atoms with Gasteiger partial charge in [-0.3, -0.25) is 14.7 Å². The molecule has 1 aromatic heterocycles. The number of amides is 1. The maximum Gasteiger partial charge on any atom is 0.257 e. The van der Waals surface area contributed by atoms with E-state index in [0.717, 1.165) is 39.0 Å². The van der Waals surface area contributed by atoms with Crippen molar-refractivity contribution < 1.29 is 9.90 Å². The predicted octanol–water partition coefficient (Wildman–Crippen LogP) is 0.284. The van der Waals surface area contributed by atoms with Crippen LogP contribution in [0.5, 0.6) is 5.75 Å². The van der Waals surface area contributed by atoms with Crippen LogP contribution in [0.25, 0.3) is 0 Å². The number of nitrogens with zero attached hydrogens (tertiary/aromatic N) is 3. The summed E-state index contributed by atoms with van der Waals surface area (Å²) in [6.45, 7) is 4.93. The number of carbonyl (C=O) groups excluding carboxylic acids is 1. The Balaban J connectivity index is 1.85. The lowest BCUT2D eigenvalue weighted by molar-refractivity contribution is 0.0632. The molecule has 2 rings (SSSR count). The number of hydrogen-bond acceptors (Lipinski definition) is 5. The molecule has 20 heavy (non-hydrogen) atoms. The first-order valence-electron chi connectivity index (χ1n) is 7.07. The minimum atomic E-state index is -0.119. The summed E-state index contributed by atoms with van der Waals surface area (Å²) in [5.41, 5.74) is 5.81. The number of rotatable bonds is 5. The van der Waals surface area contributed by atoms with Crippen LogP contribution in [0, 0.1) is 0 Å². The second-order valence-electron chi connectivity index (χ2n) is 5.02. The molecule has 6 heteroatoms. The molecule has 1 aliphatic heterocycles. The second kappa shape index (κ2) is 7.21. The van der Waals surface area contributed by atoms with Crippen LogP contribution < -0.4 is 5.73 Å². The van der Waals surface area contributed by atoms with Crippen molar-refractivity contribution in [2.75, 3.05) is 39.3 Å². The van der Waals surface area contributed by atoms with Gasteiger partial charge in [0.1, 0.15) is 5.75 Å². The average molecular weight is 278 g/mol. The molecule has 1 amide bonds. The first-order chi connectivity index (χ1) is 9.72. The summed E-state index contributed by atoms with van der Waals surface area (Å²) in [6, 6.07) is 1.56. The average Bonchev–Trinajstić information content (AvgIpc) is 2.48. The van der Waals surface area contributed by atoms with E-state index >= 15 is 0 Å². The van der Waals surface area contributed by atoms with Crippen molar-refractivity contribution in [1.29, 1.82) is 0 Å². The van der Waals surface area contributed by atoms with Gasteiger partial charge in [-0.05, 0) is 32.0 Å². The molecule has 2 heterocycles. The molecule has 1 fully saturated rings. The highest BCUT2D eigenvalue weighted by Crippen LogP contribution is 2.17. The summed E-state index contributed by atoms with van der Waals surface area (Å²) in [7, 11) is 0. The third kappa shape index (κ3) is 3.68. The monoisotopic (exact) mass is 278 g/mol. The van der Waals surface area contributed by atoms with E-state index in [1.165, 1.54) is 12.4 Å². The minimum absolute atomic E-state index is 0.0529. The maximum absolute atomic E-state index is 12.3. The molecule has 110 valence electrons. The van der Waals surface area contributed by atoms with Gasteiger partial charge in [0.25, 0.3) is 5.91 Å². The molecule has 0 saturated carbocycles. The van der Waals surface area contributed by atoms with Gasteiger partial charge in [-0.1, -0.05) is 0 Å². The number of aromatic hydroxyl groups is 1. The zero-order valence-corrected chi connectivity index (χ0v) is 11.7. The number of pyridine rings is 1. The fraction of sp³-hybridized carbons (Fsp3) is 0.571. The SMILES string of the molecule is NCCCCN1CCN(C(=O)c2ccncc2O)CC1. The van der Waals surface area contributed by atoms with E-state index in [9.17, 15) is 9.90 Å². The largest absolute Gasteiger partial charge is 0.505 e. The lowest BCUT2D eigenvalue weighted by atomic mass is 10.2. The van der Waals surface area contributed by atoms with E-state index in [-0.39, 0.29) is 11.7 Å². The zero-order chi connectivity index (χ0) is 14.4. The Kier molecular flexibility index (Phi) is 5.31. The van der Waals surface area contributed by atoms with E-state index in [2.05, 4.69) is 9.88 Å². The Morgan fingerprint density at radius 1 is 1.30 bits per heavy atom. The molecule has 0 aliphatic carbocycles. The zero-order valence-electron chi connectivity index (χ0n) is 11.7. The fourth-order valence-corrected chi connectivity index (χ4v) is 2.39. The highest BCUT2D eigenvalue weighted by molar-refractivity contribution is 5.96. The van der Waals surface area contributed by atoms with Gasteiger partial charge in [0.05, 0.1) is 11.8 Å². The van der Waals surface area contributed by atoms with Crippen molar-refractivity contribution in [2.45, 2.75) is 12.8 Å². The molecule has 1 aliphatic rings. The first kappa shape index (κ1) is 14.7. The van der Waals surface area contributed by atoms with Gasteiger partial charge in [0.15, 0.2) is 0 Å². The van der Waals surface area contributed by atoms with Gasteiger partial charge in [0.2, 0.25) is 0 Å². The number of piperazine rings is 1. The molecule has 3 N–H and O–H groups in total. The van der Waals surface area contributed by atoms with Crippen LogP contribution in [0.15, 0.2) is 18.5 Å². The second-order valence-corrected chi connectivity index (χ2v) is 5.02. The molecule has 1 aromatic rings. The van der Waals surface area contributed by atoms with Crippen LogP contribution in [0.4, 0.5) is 0 Å². The van der Waals surface area contributed by atoms with Crippen LogP contribution in [0.2, 0.25) is 0 Å². The maximum atomic E-state index is 12.3. The third-order valence-electron chi connectivity index (χ3n) is 3.62. The molecular weight excluding hydrogens is 256 g/mol. The topological polar surface area (TPSA) is 82.7 Å². The number of unbranched alkanes of at least 4 members (excludes halogenated alkanes) is 1. The summed E-state index contributed by atoms with van der Waals surface area (Å²) in [4.78, 5) is 20.2. The summed E-state index contributed by atoms with van der Waals surface area (Å²) < 4.78 is 0. The molecule has 0 atom stereocenters. The highest BCUT2D eigenvalue weighted by Gasteiger charge is 2.23. The number of aromatic nitrogens is 1. The van der Waals surface area contributed by atoms with E-state index in [1.54, 1.807) is 11.0 Å². The van der Waals surface area contributed by atoms with Gasteiger partial charge >= 0.3 is 0 Å². The Morgan fingerprint density at radius 3 is 2.70 bits per heavy atom. The Labute approximate surface area is 119 Å². The molecule has 0 radical (unpaired) electrons. The molecule has 6 nitrogen and oxygen atoms in total.